The number of hydrogen-bond acceptors (Lipinski definition) is 2. The van der Waals surface area contributed by atoms with E-state index >= 15 is 0 Å². The second kappa shape index (κ2) is 6.34. The zero-order valence-electron chi connectivity index (χ0n) is 13.8. The highest BCUT2D eigenvalue weighted by Crippen LogP contribution is 2.09. The van der Waals surface area contributed by atoms with Gasteiger partial charge in [-0.05, 0) is 26.0 Å². The molecule has 2 atom stereocenters. The number of aromatic nitrogens is 2. The number of H-pyrrole nitrogens is 1. The molecular weight excluding hydrogens is 286 g/mol. The molecule has 0 fully saturated rings. The van der Waals surface area contributed by atoms with Crippen molar-refractivity contribution in [1.29, 1.82) is 0 Å². The third-order valence-corrected chi connectivity index (χ3v) is 4.38. The van der Waals surface area contributed by atoms with Crippen LogP contribution >= 0.6 is 0 Å². The van der Waals surface area contributed by atoms with Crippen molar-refractivity contribution >= 4 is 10.9 Å². The second-order valence-electron chi connectivity index (χ2n) is 6.20. The maximum Gasteiger partial charge on any atom is 0.258 e. The first-order valence-electron chi connectivity index (χ1n) is 7.91. The molecule has 0 aliphatic carbocycles. The molecule has 2 aromatic carbocycles. The molecule has 0 radical (unpaired) electrons. The van der Waals surface area contributed by atoms with Crippen LogP contribution in [-0.4, -0.2) is 17.0 Å². The van der Waals surface area contributed by atoms with E-state index in [9.17, 15) is 4.79 Å². The Kier molecular flexibility index (Phi) is 4.26. The topological polar surface area (TPSA) is 50.2 Å². The lowest BCUT2D eigenvalue weighted by atomic mass is 10.1. The van der Waals surface area contributed by atoms with Crippen molar-refractivity contribution in [3.8, 4) is 0 Å². The fourth-order valence-corrected chi connectivity index (χ4v) is 2.72. The molecule has 1 aromatic heterocycles. The largest absolute Gasteiger partial charge is 0.325 e. The van der Waals surface area contributed by atoms with Crippen molar-refractivity contribution in [2.45, 2.75) is 26.4 Å². The van der Waals surface area contributed by atoms with Crippen molar-refractivity contribution in [3.05, 3.63) is 75.8 Å². The van der Waals surface area contributed by atoms with Gasteiger partial charge in [0.2, 0.25) is 0 Å². The van der Waals surface area contributed by atoms with E-state index in [1.165, 1.54) is 16.0 Å². The van der Waals surface area contributed by atoms with Gasteiger partial charge < -0.3 is 9.88 Å². The van der Waals surface area contributed by atoms with Gasteiger partial charge in [0.25, 0.3) is 5.56 Å². The van der Waals surface area contributed by atoms with E-state index in [1.54, 1.807) is 6.07 Å². The lowest BCUT2D eigenvalue weighted by molar-refractivity contribution is -0.924. The summed E-state index contributed by atoms with van der Waals surface area (Å²) in [6.45, 7) is 5.07. The van der Waals surface area contributed by atoms with Gasteiger partial charge in [-0.3, -0.25) is 4.79 Å². The van der Waals surface area contributed by atoms with Gasteiger partial charge in [-0.25, -0.2) is 4.98 Å². The number of para-hydroxylation sites is 1. The number of fused-ring (bicyclic) bond motifs is 1. The SMILES string of the molecule is Cc1ccc(C[NH+](C)[C@H](C)c2nc3ccccc3c(=O)[nH]2)cc1. The minimum Gasteiger partial charge on any atom is -0.325 e. The highest BCUT2D eigenvalue weighted by Gasteiger charge is 2.19. The summed E-state index contributed by atoms with van der Waals surface area (Å²) in [5.74, 6) is 0.735. The number of nitrogens with zero attached hydrogens (tertiary/aromatic N) is 1. The molecule has 0 aliphatic heterocycles. The third-order valence-electron chi connectivity index (χ3n) is 4.38. The van der Waals surface area contributed by atoms with E-state index in [0.29, 0.717) is 5.39 Å². The van der Waals surface area contributed by atoms with Crippen LogP contribution in [0.4, 0.5) is 0 Å². The number of hydrogen-bond donors (Lipinski definition) is 2. The minimum atomic E-state index is -0.0689. The van der Waals surface area contributed by atoms with Crippen LogP contribution in [0.15, 0.2) is 53.3 Å². The Morgan fingerprint density at radius 1 is 1.13 bits per heavy atom. The van der Waals surface area contributed by atoms with Crippen molar-refractivity contribution in [1.82, 2.24) is 9.97 Å². The van der Waals surface area contributed by atoms with Gasteiger partial charge in [0.05, 0.1) is 18.0 Å². The Labute approximate surface area is 135 Å². The van der Waals surface area contributed by atoms with Crippen molar-refractivity contribution < 1.29 is 4.90 Å². The smallest absolute Gasteiger partial charge is 0.258 e. The first-order valence-corrected chi connectivity index (χ1v) is 7.91. The average Bonchev–Trinajstić information content (AvgIpc) is 2.56. The van der Waals surface area contributed by atoms with Gasteiger partial charge in [0, 0.05) is 5.56 Å². The second-order valence-corrected chi connectivity index (χ2v) is 6.20. The predicted molar refractivity (Wildman–Crippen MR) is 92.5 cm³/mol. The van der Waals surface area contributed by atoms with E-state index < -0.39 is 0 Å². The Morgan fingerprint density at radius 2 is 1.83 bits per heavy atom. The molecule has 4 heteroatoms. The predicted octanol–water partition coefficient (Wildman–Crippen LogP) is 2.01. The summed E-state index contributed by atoms with van der Waals surface area (Å²) < 4.78 is 0. The van der Waals surface area contributed by atoms with Crippen molar-refractivity contribution in [2.24, 2.45) is 0 Å². The van der Waals surface area contributed by atoms with Crippen molar-refractivity contribution in [3.63, 3.8) is 0 Å². The third kappa shape index (κ3) is 3.32. The van der Waals surface area contributed by atoms with E-state index in [2.05, 4.69) is 55.1 Å². The van der Waals surface area contributed by atoms with Crippen LogP contribution in [0.5, 0.6) is 0 Å². The van der Waals surface area contributed by atoms with Crippen LogP contribution < -0.4 is 10.5 Å². The van der Waals surface area contributed by atoms with Gasteiger partial charge in [0.1, 0.15) is 12.6 Å². The van der Waals surface area contributed by atoms with Crippen LogP contribution in [0.25, 0.3) is 10.9 Å². The van der Waals surface area contributed by atoms with E-state index in [-0.39, 0.29) is 11.6 Å². The van der Waals surface area contributed by atoms with Crippen LogP contribution in [0.2, 0.25) is 0 Å². The van der Waals surface area contributed by atoms with Crippen LogP contribution in [0.3, 0.4) is 0 Å². The summed E-state index contributed by atoms with van der Waals surface area (Å²) in [6.07, 6.45) is 0. The standard InChI is InChI=1S/C19H21N3O/c1-13-8-10-15(11-9-13)12-22(3)14(2)18-20-17-7-5-4-6-16(17)19(23)21-18/h4-11,14H,12H2,1-3H3,(H,20,21,23)/p+1/t14-/m1/s1. The molecule has 0 saturated carbocycles. The molecule has 1 heterocycles. The van der Waals surface area contributed by atoms with Gasteiger partial charge in [-0.2, -0.15) is 0 Å². The van der Waals surface area contributed by atoms with Crippen molar-refractivity contribution in [2.75, 3.05) is 7.05 Å². The summed E-state index contributed by atoms with van der Waals surface area (Å²) in [5.41, 5.74) is 3.23. The molecule has 0 bridgehead atoms. The van der Waals surface area contributed by atoms with Gasteiger partial charge >= 0.3 is 0 Å². The maximum atomic E-state index is 12.2. The van der Waals surface area contributed by atoms with Gasteiger partial charge in [-0.15, -0.1) is 0 Å². The maximum absolute atomic E-state index is 12.2. The number of benzene rings is 2. The lowest BCUT2D eigenvalue weighted by Crippen LogP contribution is -3.07. The molecule has 4 nitrogen and oxygen atoms in total. The summed E-state index contributed by atoms with van der Waals surface area (Å²) in [4.78, 5) is 21.1. The highest BCUT2D eigenvalue weighted by atomic mass is 16.1. The molecule has 0 spiro atoms. The Bertz CT molecular complexity index is 868. The molecule has 118 valence electrons. The first kappa shape index (κ1) is 15.4. The summed E-state index contributed by atoms with van der Waals surface area (Å²) in [7, 11) is 2.12. The number of aromatic amines is 1. The highest BCUT2D eigenvalue weighted by molar-refractivity contribution is 5.77. The molecular formula is C19H22N3O+. The summed E-state index contributed by atoms with van der Waals surface area (Å²) in [5, 5.41) is 0.639. The first-order chi connectivity index (χ1) is 11.0. The molecule has 3 rings (SSSR count). The number of nitrogens with one attached hydrogen (secondary N) is 2. The van der Waals surface area contributed by atoms with Crippen LogP contribution in [-0.2, 0) is 6.54 Å². The normalized spacial score (nSPS) is 13.9. The van der Waals surface area contributed by atoms with Crippen LogP contribution in [0, 0.1) is 6.92 Å². The van der Waals surface area contributed by atoms with Gasteiger partial charge in [-0.1, -0.05) is 42.0 Å². The molecule has 0 amide bonds. The van der Waals surface area contributed by atoms with Crippen LogP contribution in [0.1, 0.15) is 29.9 Å². The number of rotatable bonds is 4. The molecule has 23 heavy (non-hydrogen) atoms. The zero-order valence-corrected chi connectivity index (χ0v) is 13.8. The summed E-state index contributed by atoms with van der Waals surface area (Å²) in [6, 6.07) is 16.1. The average molecular weight is 308 g/mol. The fraction of sp³-hybridized carbons (Fsp3) is 0.263. The zero-order chi connectivity index (χ0) is 16.4. The monoisotopic (exact) mass is 308 g/mol. The van der Waals surface area contributed by atoms with E-state index in [0.717, 1.165) is 17.9 Å². The quantitative estimate of drug-likeness (QED) is 0.774. The number of quaternary nitrogens is 1. The lowest BCUT2D eigenvalue weighted by Gasteiger charge is -2.21. The Morgan fingerprint density at radius 3 is 2.57 bits per heavy atom. The molecule has 2 N–H and O–H groups in total. The summed E-state index contributed by atoms with van der Waals surface area (Å²) >= 11 is 0. The Balaban J connectivity index is 1.85. The van der Waals surface area contributed by atoms with E-state index in [1.807, 2.05) is 18.2 Å². The molecule has 0 aliphatic rings. The molecule has 1 unspecified atom stereocenters. The number of aryl methyl sites for hydroxylation is 1. The van der Waals surface area contributed by atoms with Gasteiger partial charge in [0.15, 0.2) is 5.82 Å². The molecule has 0 saturated heterocycles. The fourth-order valence-electron chi connectivity index (χ4n) is 2.72. The van der Waals surface area contributed by atoms with E-state index in [4.69, 9.17) is 0 Å². The Hall–Kier alpha value is -2.46. The molecule has 3 aromatic rings. The minimum absolute atomic E-state index is 0.0689.